The number of esters is 3. The number of carbonyl (C=O) groups excluding carboxylic acids is 3. The van der Waals surface area contributed by atoms with E-state index in [-0.39, 0.29) is 31.1 Å². The molecule has 0 aromatic heterocycles. The predicted molar refractivity (Wildman–Crippen MR) is 293 cm³/mol. The lowest BCUT2D eigenvalue weighted by molar-refractivity contribution is -0.167. The van der Waals surface area contributed by atoms with Crippen LogP contribution < -0.4 is 0 Å². The molecule has 0 spiro atoms. The summed E-state index contributed by atoms with van der Waals surface area (Å²) in [6.07, 6.45) is 73.1. The standard InChI is InChI=1S/C62H106O6/c1-4-7-10-13-16-18-20-22-24-26-27-28-29-30-31-32-33-34-35-36-38-39-41-43-46-49-52-55-61(64)67-58-59(57-66-60(63)54-51-48-45-15-12-9-6-3)68-62(65)56-53-50-47-44-42-40-37-25-23-21-19-17-14-11-8-5-2/h7,10,16,18-19,21-22,24-25,27-28,30-31,37,59H,4-6,8-9,11-15,17,20,23,26,29,32-36,38-58H2,1-3H3/b10-7-,18-16-,21-19-,24-22-,28-27-,31-30-,37-25-. The lowest BCUT2D eigenvalue weighted by Crippen LogP contribution is -2.30. The van der Waals surface area contributed by atoms with Crippen LogP contribution in [-0.2, 0) is 28.6 Å². The van der Waals surface area contributed by atoms with E-state index in [0.29, 0.717) is 19.3 Å². The fraction of sp³-hybridized carbons (Fsp3) is 0.726. The largest absolute Gasteiger partial charge is 0.462 e. The Balaban J connectivity index is 4.17. The van der Waals surface area contributed by atoms with Gasteiger partial charge in [-0.25, -0.2) is 0 Å². The van der Waals surface area contributed by atoms with Crippen LogP contribution in [-0.4, -0.2) is 37.2 Å². The Kier molecular flexibility index (Phi) is 53.4. The Morgan fingerprint density at radius 1 is 0.309 bits per heavy atom. The van der Waals surface area contributed by atoms with Crippen molar-refractivity contribution < 1.29 is 28.6 Å². The number of rotatable bonds is 51. The van der Waals surface area contributed by atoms with Crippen LogP contribution in [0.3, 0.4) is 0 Å². The van der Waals surface area contributed by atoms with Crippen molar-refractivity contribution in [2.24, 2.45) is 0 Å². The maximum Gasteiger partial charge on any atom is 0.306 e. The zero-order valence-electron chi connectivity index (χ0n) is 44.6. The molecule has 6 nitrogen and oxygen atoms in total. The summed E-state index contributed by atoms with van der Waals surface area (Å²) in [5, 5.41) is 0. The van der Waals surface area contributed by atoms with Gasteiger partial charge in [-0.05, 0) is 96.3 Å². The molecule has 0 saturated carbocycles. The number of hydrogen-bond acceptors (Lipinski definition) is 6. The Morgan fingerprint density at radius 3 is 0.912 bits per heavy atom. The van der Waals surface area contributed by atoms with Gasteiger partial charge in [0.05, 0.1) is 0 Å². The van der Waals surface area contributed by atoms with E-state index in [1.807, 2.05) is 0 Å². The van der Waals surface area contributed by atoms with Crippen molar-refractivity contribution in [1.82, 2.24) is 0 Å². The van der Waals surface area contributed by atoms with E-state index < -0.39 is 6.10 Å². The molecule has 390 valence electrons. The van der Waals surface area contributed by atoms with Crippen molar-refractivity contribution in [3.63, 3.8) is 0 Å². The van der Waals surface area contributed by atoms with E-state index in [9.17, 15) is 14.4 Å². The molecular formula is C62H106O6. The molecule has 0 bridgehead atoms. The summed E-state index contributed by atoms with van der Waals surface area (Å²) < 4.78 is 16.8. The molecule has 0 aromatic carbocycles. The lowest BCUT2D eigenvalue weighted by atomic mass is 10.0. The van der Waals surface area contributed by atoms with Gasteiger partial charge >= 0.3 is 17.9 Å². The van der Waals surface area contributed by atoms with Gasteiger partial charge < -0.3 is 14.2 Å². The maximum atomic E-state index is 12.8. The van der Waals surface area contributed by atoms with E-state index in [1.54, 1.807) is 0 Å². The highest BCUT2D eigenvalue weighted by Crippen LogP contribution is 2.15. The number of carbonyl (C=O) groups is 3. The minimum Gasteiger partial charge on any atom is -0.462 e. The second-order valence-corrected chi connectivity index (χ2v) is 18.8. The van der Waals surface area contributed by atoms with Crippen LogP contribution >= 0.6 is 0 Å². The number of ether oxygens (including phenoxy) is 3. The van der Waals surface area contributed by atoms with Crippen LogP contribution in [0.25, 0.3) is 0 Å². The van der Waals surface area contributed by atoms with Crippen LogP contribution in [0.15, 0.2) is 85.1 Å². The first-order chi connectivity index (χ1) is 33.5. The molecule has 0 fully saturated rings. The molecule has 68 heavy (non-hydrogen) atoms. The Labute approximate surface area is 420 Å². The Morgan fingerprint density at radius 2 is 0.574 bits per heavy atom. The van der Waals surface area contributed by atoms with Crippen molar-refractivity contribution in [2.75, 3.05) is 13.2 Å². The van der Waals surface area contributed by atoms with Gasteiger partial charge in [0.1, 0.15) is 13.2 Å². The second-order valence-electron chi connectivity index (χ2n) is 18.8. The van der Waals surface area contributed by atoms with Crippen molar-refractivity contribution in [2.45, 2.75) is 277 Å². The highest BCUT2D eigenvalue weighted by molar-refractivity contribution is 5.71. The first-order valence-electron chi connectivity index (χ1n) is 28.6. The van der Waals surface area contributed by atoms with Gasteiger partial charge in [-0.2, -0.15) is 0 Å². The first-order valence-corrected chi connectivity index (χ1v) is 28.6. The normalized spacial score (nSPS) is 12.7. The van der Waals surface area contributed by atoms with Crippen LogP contribution in [0.1, 0.15) is 271 Å². The van der Waals surface area contributed by atoms with Crippen LogP contribution in [0.5, 0.6) is 0 Å². The molecule has 0 aliphatic rings. The molecule has 0 aliphatic heterocycles. The fourth-order valence-electron chi connectivity index (χ4n) is 7.85. The van der Waals surface area contributed by atoms with Gasteiger partial charge in [0, 0.05) is 19.3 Å². The molecule has 0 amide bonds. The fourth-order valence-corrected chi connectivity index (χ4v) is 7.85. The van der Waals surface area contributed by atoms with Crippen molar-refractivity contribution in [3.8, 4) is 0 Å². The average Bonchev–Trinajstić information content (AvgIpc) is 3.34. The third-order valence-electron chi connectivity index (χ3n) is 12.1. The Hall–Kier alpha value is -3.41. The molecular weight excluding hydrogens is 841 g/mol. The smallest absolute Gasteiger partial charge is 0.306 e. The summed E-state index contributed by atoms with van der Waals surface area (Å²) >= 11 is 0. The molecule has 1 unspecified atom stereocenters. The molecule has 0 rings (SSSR count). The summed E-state index contributed by atoms with van der Waals surface area (Å²) in [5.74, 6) is -0.901. The summed E-state index contributed by atoms with van der Waals surface area (Å²) in [4.78, 5) is 37.9. The van der Waals surface area contributed by atoms with Gasteiger partial charge in [-0.1, -0.05) is 241 Å². The monoisotopic (exact) mass is 947 g/mol. The van der Waals surface area contributed by atoms with E-state index in [2.05, 4.69) is 106 Å². The number of allylic oxidation sites excluding steroid dienone is 14. The second kappa shape index (κ2) is 56.2. The Bertz CT molecular complexity index is 1320. The summed E-state index contributed by atoms with van der Waals surface area (Å²) in [7, 11) is 0. The minimum absolute atomic E-state index is 0.0816. The quantitative estimate of drug-likeness (QED) is 0.0262. The van der Waals surface area contributed by atoms with Gasteiger partial charge in [-0.3, -0.25) is 14.4 Å². The summed E-state index contributed by atoms with van der Waals surface area (Å²) in [6.45, 7) is 6.46. The van der Waals surface area contributed by atoms with Gasteiger partial charge in [-0.15, -0.1) is 0 Å². The first kappa shape index (κ1) is 64.6. The topological polar surface area (TPSA) is 78.9 Å². The molecule has 0 saturated heterocycles. The molecule has 0 aliphatic carbocycles. The van der Waals surface area contributed by atoms with E-state index in [1.165, 1.54) is 116 Å². The van der Waals surface area contributed by atoms with Gasteiger partial charge in [0.2, 0.25) is 0 Å². The van der Waals surface area contributed by atoms with E-state index in [0.717, 1.165) is 116 Å². The maximum absolute atomic E-state index is 12.8. The van der Waals surface area contributed by atoms with E-state index >= 15 is 0 Å². The molecule has 6 heteroatoms. The zero-order valence-corrected chi connectivity index (χ0v) is 44.6. The molecule has 0 aromatic rings. The van der Waals surface area contributed by atoms with E-state index in [4.69, 9.17) is 14.2 Å². The third-order valence-corrected chi connectivity index (χ3v) is 12.1. The van der Waals surface area contributed by atoms with Crippen LogP contribution in [0.4, 0.5) is 0 Å². The molecule has 1 atom stereocenters. The van der Waals surface area contributed by atoms with Gasteiger partial charge in [0.25, 0.3) is 0 Å². The molecule has 0 heterocycles. The summed E-state index contributed by atoms with van der Waals surface area (Å²) in [6, 6.07) is 0. The van der Waals surface area contributed by atoms with Crippen LogP contribution in [0, 0.1) is 0 Å². The molecule has 0 radical (unpaired) electrons. The van der Waals surface area contributed by atoms with Crippen molar-refractivity contribution >= 4 is 17.9 Å². The van der Waals surface area contributed by atoms with Gasteiger partial charge in [0.15, 0.2) is 6.10 Å². The minimum atomic E-state index is -0.781. The highest BCUT2D eigenvalue weighted by atomic mass is 16.6. The van der Waals surface area contributed by atoms with Crippen molar-refractivity contribution in [1.29, 1.82) is 0 Å². The summed E-state index contributed by atoms with van der Waals surface area (Å²) in [5.41, 5.74) is 0. The van der Waals surface area contributed by atoms with Crippen molar-refractivity contribution in [3.05, 3.63) is 85.1 Å². The SMILES string of the molecule is CC/C=C\C/C=C\C/C=C\C/C=C\C/C=C\CCCCCCCCCCCCCC(=O)OCC(COC(=O)CCCCCCCCC)OC(=O)CCCCCCC/C=C\C/C=C\CCCCCC. The average molecular weight is 948 g/mol. The number of hydrogen-bond donors (Lipinski definition) is 0. The zero-order chi connectivity index (χ0) is 49.3. The lowest BCUT2D eigenvalue weighted by Gasteiger charge is -2.18. The predicted octanol–water partition coefficient (Wildman–Crippen LogP) is 19.2. The highest BCUT2D eigenvalue weighted by Gasteiger charge is 2.19. The number of unbranched alkanes of at least 4 members (excludes halogenated alkanes) is 26. The third kappa shape index (κ3) is 53.5. The van der Waals surface area contributed by atoms with Crippen LogP contribution in [0.2, 0.25) is 0 Å². The molecule has 0 N–H and O–H groups in total.